The largest absolute Gasteiger partial charge is 0.399 e. The molecule has 1 aliphatic rings. The van der Waals surface area contributed by atoms with Crippen LogP contribution in [0.1, 0.15) is 17.3 Å². The summed E-state index contributed by atoms with van der Waals surface area (Å²) >= 11 is 6.24. The number of rotatable bonds is 3. The maximum Gasteiger partial charge on any atom is 0.250 e. The fourth-order valence-corrected chi connectivity index (χ4v) is 2.68. The van der Waals surface area contributed by atoms with Crippen LogP contribution in [-0.2, 0) is 4.74 Å². The number of hydrogen-bond acceptors (Lipinski definition) is 5. The van der Waals surface area contributed by atoms with Gasteiger partial charge in [0.1, 0.15) is 0 Å². The Labute approximate surface area is 122 Å². The van der Waals surface area contributed by atoms with Crippen molar-refractivity contribution in [2.75, 3.05) is 30.4 Å². The Morgan fingerprint density at radius 3 is 2.90 bits per heavy atom. The average molecular weight is 300 g/mol. The van der Waals surface area contributed by atoms with Crippen LogP contribution in [0.4, 0.5) is 11.4 Å². The SMILES string of the molecule is CC1COC(CO)CN1c1c(Cl)cc(N)cc1C(N)=O. The zero-order valence-electron chi connectivity index (χ0n) is 11.2. The number of aliphatic hydroxyl groups excluding tert-OH is 1. The van der Waals surface area contributed by atoms with Crippen LogP contribution >= 0.6 is 11.6 Å². The van der Waals surface area contributed by atoms with E-state index in [4.69, 9.17) is 27.8 Å². The number of amides is 1. The fraction of sp³-hybridized carbons (Fsp3) is 0.462. The Balaban J connectivity index is 2.47. The standard InChI is InChI=1S/C13H18ClN3O3/c1-7-6-20-9(5-18)4-17(7)12-10(13(16)19)2-8(15)3-11(12)14/h2-3,7,9,18H,4-6,15H2,1H3,(H2,16,19). The summed E-state index contributed by atoms with van der Waals surface area (Å²) in [6, 6.07) is 3.11. The number of carbonyl (C=O) groups excluding carboxylic acids is 1. The number of nitrogens with zero attached hydrogens (tertiary/aromatic N) is 1. The number of primary amides is 1. The molecule has 0 aliphatic carbocycles. The van der Waals surface area contributed by atoms with Gasteiger partial charge in [-0.3, -0.25) is 4.79 Å². The highest BCUT2D eigenvalue weighted by Gasteiger charge is 2.30. The molecule has 0 aromatic heterocycles. The van der Waals surface area contributed by atoms with Gasteiger partial charge >= 0.3 is 0 Å². The van der Waals surface area contributed by atoms with E-state index in [9.17, 15) is 9.90 Å². The highest BCUT2D eigenvalue weighted by atomic mass is 35.5. The molecule has 1 fully saturated rings. The van der Waals surface area contributed by atoms with Crippen LogP contribution in [0.5, 0.6) is 0 Å². The second-order valence-electron chi connectivity index (χ2n) is 4.90. The molecule has 1 heterocycles. The summed E-state index contributed by atoms with van der Waals surface area (Å²) < 4.78 is 5.48. The highest BCUT2D eigenvalue weighted by Crippen LogP contribution is 2.35. The van der Waals surface area contributed by atoms with Gasteiger partial charge in [0.05, 0.1) is 35.6 Å². The van der Waals surface area contributed by atoms with Crippen molar-refractivity contribution in [2.24, 2.45) is 5.73 Å². The maximum absolute atomic E-state index is 11.6. The van der Waals surface area contributed by atoms with Gasteiger partial charge in [-0.2, -0.15) is 0 Å². The minimum absolute atomic E-state index is 0.0111. The second kappa shape index (κ2) is 5.87. The van der Waals surface area contributed by atoms with Crippen molar-refractivity contribution in [2.45, 2.75) is 19.1 Å². The molecule has 1 aromatic rings. The van der Waals surface area contributed by atoms with E-state index in [2.05, 4.69) is 0 Å². The number of morpholine rings is 1. The Hall–Kier alpha value is -1.50. The summed E-state index contributed by atoms with van der Waals surface area (Å²) in [5.74, 6) is -0.589. The summed E-state index contributed by atoms with van der Waals surface area (Å²) in [7, 11) is 0. The first kappa shape index (κ1) is 14.9. The van der Waals surface area contributed by atoms with E-state index in [-0.39, 0.29) is 24.3 Å². The number of benzene rings is 1. The van der Waals surface area contributed by atoms with Gasteiger partial charge in [0.2, 0.25) is 0 Å². The van der Waals surface area contributed by atoms with Crippen LogP contribution in [0.3, 0.4) is 0 Å². The summed E-state index contributed by atoms with van der Waals surface area (Å²) in [5, 5.41) is 9.60. The minimum Gasteiger partial charge on any atom is -0.399 e. The summed E-state index contributed by atoms with van der Waals surface area (Å²) in [6.45, 7) is 2.72. The molecule has 2 atom stereocenters. The normalized spacial score (nSPS) is 22.9. The number of carbonyl (C=O) groups is 1. The van der Waals surface area contributed by atoms with Crippen LogP contribution in [-0.4, -0.2) is 42.9 Å². The third kappa shape index (κ3) is 2.82. The third-order valence-electron chi connectivity index (χ3n) is 3.35. The average Bonchev–Trinajstić information content (AvgIpc) is 2.39. The smallest absolute Gasteiger partial charge is 0.250 e. The monoisotopic (exact) mass is 299 g/mol. The van der Waals surface area contributed by atoms with E-state index in [0.717, 1.165) is 0 Å². The lowest BCUT2D eigenvalue weighted by Crippen LogP contribution is -2.50. The number of ether oxygens (including phenoxy) is 1. The molecule has 2 unspecified atom stereocenters. The zero-order valence-corrected chi connectivity index (χ0v) is 11.9. The number of halogens is 1. The van der Waals surface area contributed by atoms with Crippen molar-refractivity contribution in [3.8, 4) is 0 Å². The predicted octanol–water partition coefficient (Wildman–Crippen LogP) is 0.607. The molecule has 6 nitrogen and oxygen atoms in total. The molecule has 1 aliphatic heterocycles. The van der Waals surface area contributed by atoms with Gasteiger partial charge in [-0.1, -0.05) is 11.6 Å². The van der Waals surface area contributed by atoms with Gasteiger partial charge in [0, 0.05) is 18.3 Å². The Kier molecular flexibility index (Phi) is 4.37. The number of nitrogen functional groups attached to an aromatic ring is 1. The Morgan fingerprint density at radius 1 is 1.60 bits per heavy atom. The Morgan fingerprint density at radius 2 is 2.30 bits per heavy atom. The molecule has 2 rings (SSSR count). The molecule has 0 radical (unpaired) electrons. The number of hydrogen-bond donors (Lipinski definition) is 3. The molecule has 5 N–H and O–H groups in total. The van der Waals surface area contributed by atoms with Crippen molar-refractivity contribution in [3.63, 3.8) is 0 Å². The molecule has 0 saturated carbocycles. The fourth-order valence-electron chi connectivity index (χ4n) is 2.34. The molecular formula is C13H18ClN3O3. The van der Waals surface area contributed by atoms with Crippen molar-refractivity contribution >= 4 is 28.9 Å². The third-order valence-corrected chi connectivity index (χ3v) is 3.64. The first-order valence-electron chi connectivity index (χ1n) is 6.32. The molecule has 0 bridgehead atoms. The van der Waals surface area contributed by atoms with Gasteiger partial charge in [-0.05, 0) is 19.1 Å². The zero-order chi connectivity index (χ0) is 14.9. The molecule has 20 heavy (non-hydrogen) atoms. The molecule has 1 saturated heterocycles. The van der Waals surface area contributed by atoms with Crippen LogP contribution in [0, 0.1) is 0 Å². The molecule has 1 amide bonds. The minimum atomic E-state index is -0.589. The van der Waals surface area contributed by atoms with Crippen LogP contribution < -0.4 is 16.4 Å². The first-order chi connectivity index (χ1) is 9.43. The summed E-state index contributed by atoms with van der Waals surface area (Å²) in [4.78, 5) is 13.6. The van der Waals surface area contributed by atoms with E-state index < -0.39 is 5.91 Å². The lowest BCUT2D eigenvalue weighted by Gasteiger charge is -2.40. The first-order valence-corrected chi connectivity index (χ1v) is 6.69. The van der Waals surface area contributed by atoms with Crippen molar-refractivity contribution in [1.82, 2.24) is 0 Å². The number of aliphatic hydroxyl groups is 1. The van der Waals surface area contributed by atoms with Crippen molar-refractivity contribution in [3.05, 3.63) is 22.7 Å². The van der Waals surface area contributed by atoms with E-state index in [1.807, 2.05) is 11.8 Å². The van der Waals surface area contributed by atoms with Crippen molar-refractivity contribution in [1.29, 1.82) is 0 Å². The second-order valence-corrected chi connectivity index (χ2v) is 5.31. The van der Waals surface area contributed by atoms with Crippen molar-refractivity contribution < 1.29 is 14.6 Å². The topological polar surface area (TPSA) is 102 Å². The Bertz CT molecular complexity index is 524. The molecule has 1 aromatic carbocycles. The van der Waals surface area contributed by atoms with E-state index in [1.54, 1.807) is 6.07 Å². The van der Waals surface area contributed by atoms with Gasteiger partial charge in [-0.15, -0.1) is 0 Å². The van der Waals surface area contributed by atoms with Crippen LogP contribution in [0.2, 0.25) is 5.02 Å². The predicted molar refractivity (Wildman–Crippen MR) is 78.0 cm³/mol. The van der Waals surface area contributed by atoms with Crippen LogP contribution in [0.15, 0.2) is 12.1 Å². The maximum atomic E-state index is 11.6. The molecular weight excluding hydrogens is 282 g/mol. The van der Waals surface area contributed by atoms with Gasteiger partial charge in [0.15, 0.2) is 0 Å². The van der Waals surface area contributed by atoms with E-state index >= 15 is 0 Å². The van der Waals surface area contributed by atoms with E-state index in [0.29, 0.717) is 29.5 Å². The summed E-state index contributed by atoms with van der Waals surface area (Å²) in [5.41, 5.74) is 12.3. The lowest BCUT2D eigenvalue weighted by atomic mass is 10.1. The van der Waals surface area contributed by atoms with E-state index in [1.165, 1.54) is 6.07 Å². The van der Waals surface area contributed by atoms with Gasteiger partial charge < -0.3 is 26.2 Å². The molecule has 110 valence electrons. The number of nitrogens with two attached hydrogens (primary N) is 2. The number of anilines is 2. The van der Waals surface area contributed by atoms with Crippen LogP contribution in [0.25, 0.3) is 0 Å². The molecule has 0 spiro atoms. The summed E-state index contributed by atoms with van der Waals surface area (Å²) in [6.07, 6.45) is -0.319. The highest BCUT2D eigenvalue weighted by molar-refractivity contribution is 6.34. The van der Waals surface area contributed by atoms with Gasteiger partial charge in [-0.25, -0.2) is 0 Å². The quantitative estimate of drug-likeness (QED) is 0.710. The van der Waals surface area contributed by atoms with Gasteiger partial charge in [0.25, 0.3) is 5.91 Å². The lowest BCUT2D eigenvalue weighted by molar-refractivity contribution is -0.0103. The molecule has 7 heteroatoms.